The highest BCUT2D eigenvalue weighted by Gasteiger charge is 2.24. The number of nitrogens with two attached hydrogens (primary N) is 1. The smallest absolute Gasteiger partial charge is 0.128 e. The summed E-state index contributed by atoms with van der Waals surface area (Å²) in [5.41, 5.74) is 6.98. The van der Waals surface area contributed by atoms with Crippen molar-refractivity contribution in [3.8, 4) is 0 Å². The fraction of sp³-hybridized carbons (Fsp3) is 0.400. The van der Waals surface area contributed by atoms with Crippen molar-refractivity contribution in [1.82, 2.24) is 0 Å². The minimum Gasteiger partial charge on any atom is -0.378 e. The second-order valence-corrected chi connectivity index (χ2v) is 5.50. The van der Waals surface area contributed by atoms with Gasteiger partial charge in [-0.15, -0.1) is 0 Å². The first-order valence-corrected chi connectivity index (χ1v) is 5.29. The van der Waals surface area contributed by atoms with Crippen LogP contribution >= 0.6 is 22.6 Å². The fourth-order valence-corrected chi connectivity index (χ4v) is 1.27. The average molecular weight is 291 g/mol. The van der Waals surface area contributed by atoms with Crippen LogP contribution < -0.4 is 5.73 Å². The maximum atomic E-state index is 9.61. The lowest BCUT2D eigenvalue weighted by Gasteiger charge is -2.23. The lowest BCUT2D eigenvalue weighted by Crippen LogP contribution is -2.41. The van der Waals surface area contributed by atoms with Crippen LogP contribution in [0, 0.1) is 0 Å². The lowest BCUT2D eigenvalue weighted by molar-refractivity contribution is 0.145. The molecule has 0 amide bonds. The second kappa shape index (κ2) is 4.39. The average Bonchev–Trinajstić information content (AvgIpc) is 2.04. The Hall–Kier alpha value is -0.130. The molecule has 3 N–H and O–H groups in total. The molecule has 2 unspecified atom stereocenters. The first-order valence-electron chi connectivity index (χ1n) is 4.21. The van der Waals surface area contributed by atoms with Crippen molar-refractivity contribution in [3.63, 3.8) is 0 Å². The minimum absolute atomic E-state index is 0.226. The van der Waals surface area contributed by atoms with Gasteiger partial charge < -0.3 is 10.8 Å². The zero-order valence-electron chi connectivity index (χ0n) is 7.57. The standard InChI is InChI=1S/C10H14INO/c1-10(11,13)9(12)7-8-5-3-2-4-6-8/h2-6,9,13H,7,12H2,1H3. The van der Waals surface area contributed by atoms with Crippen LogP contribution in [0.25, 0.3) is 0 Å². The summed E-state index contributed by atoms with van der Waals surface area (Å²) >= 11 is 1.96. The van der Waals surface area contributed by atoms with Crippen molar-refractivity contribution in [3.05, 3.63) is 35.9 Å². The molecule has 2 nitrogen and oxygen atoms in total. The van der Waals surface area contributed by atoms with Gasteiger partial charge in [-0.2, -0.15) is 0 Å². The summed E-state index contributed by atoms with van der Waals surface area (Å²) in [4.78, 5) is 0. The van der Waals surface area contributed by atoms with E-state index in [0.29, 0.717) is 6.42 Å². The second-order valence-electron chi connectivity index (χ2n) is 3.32. The Balaban J connectivity index is 2.61. The fourth-order valence-electron chi connectivity index (χ4n) is 1.05. The third kappa shape index (κ3) is 3.62. The molecule has 0 radical (unpaired) electrons. The Kier molecular flexibility index (Phi) is 3.70. The Morgan fingerprint density at radius 3 is 2.46 bits per heavy atom. The third-order valence-electron chi connectivity index (χ3n) is 1.98. The zero-order chi connectivity index (χ0) is 9.90. The van der Waals surface area contributed by atoms with E-state index in [4.69, 9.17) is 5.73 Å². The molecule has 0 spiro atoms. The van der Waals surface area contributed by atoms with E-state index < -0.39 is 3.61 Å². The van der Waals surface area contributed by atoms with Crippen molar-refractivity contribution in [2.75, 3.05) is 0 Å². The number of hydrogen-bond acceptors (Lipinski definition) is 2. The molecule has 0 aromatic heterocycles. The van der Waals surface area contributed by atoms with Gasteiger partial charge in [0.2, 0.25) is 0 Å². The number of aliphatic hydroxyl groups is 1. The van der Waals surface area contributed by atoms with E-state index in [1.807, 2.05) is 52.9 Å². The van der Waals surface area contributed by atoms with Gasteiger partial charge in [-0.1, -0.05) is 30.3 Å². The third-order valence-corrected chi connectivity index (χ3v) is 2.78. The molecule has 1 aromatic rings. The molecule has 72 valence electrons. The number of rotatable bonds is 3. The Morgan fingerprint density at radius 1 is 1.46 bits per heavy atom. The molecule has 0 fully saturated rings. The first-order chi connectivity index (χ1) is 6.00. The van der Waals surface area contributed by atoms with Crippen molar-refractivity contribution < 1.29 is 5.11 Å². The zero-order valence-corrected chi connectivity index (χ0v) is 9.73. The minimum atomic E-state index is -0.840. The highest BCUT2D eigenvalue weighted by Crippen LogP contribution is 2.19. The van der Waals surface area contributed by atoms with Gasteiger partial charge in [-0.3, -0.25) is 0 Å². The normalized spacial score (nSPS) is 17.8. The van der Waals surface area contributed by atoms with E-state index in [0.717, 1.165) is 5.56 Å². The van der Waals surface area contributed by atoms with Crippen molar-refractivity contribution in [2.45, 2.75) is 23.0 Å². The van der Waals surface area contributed by atoms with Crippen LogP contribution in [0.3, 0.4) is 0 Å². The molecule has 0 saturated heterocycles. The van der Waals surface area contributed by atoms with E-state index in [1.54, 1.807) is 6.92 Å². The van der Waals surface area contributed by atoms with Gasteiger partial charge >= 0.3 is 0 Å². The van der Waals surface area contributed by atoms with E-state index in [9.17, 15) is 5.11 Å². The maximum Gasteiger partial charge on any atom is 0.128 e. The van der Waals surface area contributed by atoms with Crippen LogP contribution in [0.15, 0.2) is 30.3 Å². The molecule has 2 atom stereocenters. The quantitative estimate of drug-likeness (QED) is 0.658. The molecule has 0 heterocycles. The van der Waals surface area contributed by atoms with Gasteiger partial charge in [-0.05, 0) is 41.5 Å². The Labute approximate surface area is 92.3 Å². The van der Waals surface area contributed by atoms with Crippen LogP contribution in [0.1, 0.15) is 12.5 Å². The van der Waals surface area contributed by atoms with Crippen LogP contribution in [0.2, 0.25) is 0 Å². The van der Waals surface area contributed by atoms with E-state index in [-0.39, 0.29) is 6.04 Å². The number of benzene rings is 1. The van der Waals surface area contributed by atoms with Gasteiger partial charge in [-0.25, -0.2) is 0 Å². The van der Waals surface area contributed by atoms with Crippen molar-refractivity contribution in [2.24, 2.45) is 5.73 Å². The molecule has 0 aliphatic heterocycles. The Bertz CT molecular complexity index is 255. The molecule has 3 heteroatoms. The summed E-state index contributed by atoms with van der Waals surface area (Å²) in [6.45, 7) is 1.72. The van der Waals surface area contributed by atoms with Crippen LogP contribution in [0.4, 0.5) is 0 Å². The first kappa shape index (κ1) is 10.9. The monoisotopic (exact) mass is 291 g/mol. The van der Waals surface area contributed by atoms with Crippen LogP contribution in [-0.2, 0) is 6.42 Å². The molecule has 13 heavy (non-hydrogen) atoms. The molecule has 0 aliphatic carbocycles. The molecule has 0 aliphatic rings. The topological polar surface area (TPSA) is 46.2 Å². The summed E-state index contributed by atoms with van der Waals surface area (Å²) in [6.07, 6.45) is 0.705. The van der Waals surface area contributed by atoms with Gasteiger partial charge in [0, 0.05) is 6.04 Å². The van der Waals surface area contributed by atoms with Crippen molar-refractivity contribution >= 4 is 22.6 Å². The Morgan fingerprint density at radius 2 is 2.00 bits per heavy atom. The highest BCUT2D eigenvalue weighted by atomic mass is 127. The summed E-state index contributed by atoms with van der Waals surface area (Å²) in [7, 11) is 0. The molecule has 1 rings (SSSR count). The summed E-state index contributed by atoms with van der Waals surface area (Å²) in [6, 6.07) is 9.73. The maximum absolute atomic E-state index is 9.61. The van der Waals surface area contributed by atoms with E-state index in [1.165, 1.54) is 0 Å². The number of halogens is 1. The molecular formula is C10H14INO. The van der Waals surface area contributed by atoms with Gasteiger partial charge in [0.05, 0.1) is 0 Å². The predicted octanol–water partition coefficient (Wildman–Crippen LogP) is 1.70. The van der Waals surface area contributed by atoms with Gasteiger partial charge in [0.25, 0.3) is 0 Å². The number of alkyl halides is 1. The number of hydrogen-bond donors (Lipinski definition) is 2. The summed E-state index contributed by atoms with van der Waals surface area (Å²) in [5, 5.41) is 9.61. The molecular weight excluding hydrogens is 277 g/mol. The summed E-state index contributed by atoms with van der Waals surface area (Å²) in [5.74, 6) is 0. The SMILES string of the molecule is CC(O)(I)C(N)Cc1ccccc1. The molecule has 0 bridgehead atoms. The van der Waals surface area contributed by atoms with Gasteiger partial charge in [0.1, 0.15) is 3.61 Å². The van der Waals surface area contributed by atoms with Crippen LogP contribution in [-0.4, -0.2) is 14.8 Å². The van der Waals surface area contributed by atoms with Gasteiger partial charge in [0.15, 0.2) is 0 Å². The van der Waals surface area contributed by atoms with E-state index in [2.05, 4.69) is 0 Å². The predicted molar refractivity (Wildman–Crippen MR) is 62.8 cm³/mol. The van der Waals surface area contributed by atoms with E-state index >= 15 is 0 Å². The van der Waals surface area contributed by atoms with Crippen molar-refractivity contribution in [1.29, 1.82) is 0 Å². The summed E-state index contributed by atoms with van der Waals surface area (Å²) < 4.78 is -0.840. The highest BCUT2D eigenvalue weighted by molar-refractivity contribution is 14.1. The molecule has 0 saturated carbocycles. The lowest BCUT2D eigenvalue weighted by atomic mass is 10.0. The van der Waals surface area contributed by atoms with Crippen LogP contribution in [0.5, 0.6) is 0 Å². The molecule has 1 aromatic carbocycles. The largest absolute Gasteiger partial charge is 0.378 e.